The number of methoxy groups -OCH3 is 1. The van der Waals surface area contributed by atoms with Crippen molar-refractivity contribution in [3.05, 3.63) is 65.1 Å². The first-order chi connectivity index (χ1) is 15.0. The Bertz CT molecular complexity index is 1090. The lowest BCUT2D eigenvalue weighted by molar-refractivity contribution is 0.0746. The molecule has 1 aliphatic heterocycles. The second-order valence-electron chi connectivity index (χ2n) is 7.79. The van der Waals surface area contributed by atoms with Crippen molar-refractivity contribution >= 4 is 11.7 Å². The Morgan fingerprint density at radius 1 is 1.03 bits per heavy atom. The Morgan fingerprint density at radius 3 is 2.48 bits per heavy atom. The summed E-state index contributed by atoms with van der Waals surface area (Å²) in [4.78, 5) is 30.8. The molecule has 0 atom stereocenters. The highest BCUT2D eigenvalue weighted by Gasteiger charge is 2.25. The Morgan fingerprint density at radius 2 is 1.81 bits per heavy atom. The van der Waals surface area contributed by atoms with Gasteiger partial charge in [0.25, 0.3) is 5.91 Å². The first kappa shape index (κ1) is 20.8. The van der Waals surface area contributed by atoms with Crippen molar-refractivity contribution in [1.29, 1.82) is 0 Å². The number of aromatic nitrogens is 3. The fourth-order valence-electron chi connectivity index (χ4n) is 3.80. The number of rotatable bonds is 4. The largest absolute Gasteiger partial charge is 0.496 e. The first-order valence-electron chi connectivity index (χ1n) is 10.4. The first-order valence-corrected chi connectivity index (χ1v) is 10.4. The molecular weight excluding hydrogens is 390 g/mol. The molecule has 2 aromatic heterocycles. The Balaban J connectivity index is 1.51. The highest BCUT2D eigenvalue weighted by molar-refractivity contribution is 5.95. The van der Waals surface area contributed by atoms with Gasteiger partial charge in [-0.25, -0.2) is 9.97 Å². The van der Waals surface area contributed by atoms with Gasteiger partial charge >= 0.3 is 0 Å². The lowest BCUT2D eigenvalue weighted by atomic mass is 10.1. The SMILES string of the molecule is COc1cc(C(=O)N2CCN(c3nc(-c4cccnc4)nc(C)c3C)CC2)ccc1C. The summed E-state index contributed by atoms with van der Waals surface area (Å²) in [6, 6.07) is 9.47. The summed E-state index contributed by atoms with van der Waals surface area (Å²) in [6.45, 7) is 8.74. The van der Waals surface area contributed by atoms with E-state index in [0.717, 1.165) is 47.0 Å². The molecule has 3 aromatic rings. The molecular formula is C24H27N5O2. The Labute approximate surface area is 182 Å². The van der Waals surface area contributed by atoms with Crippen LogP contribution >= 0.6 is 0 Å². The van der Waals surface area contributed by atoms with Gasteiger partial charge in [-0.05, 0) is 50.6 Å². The van der Waals surface area contributed by atoms with Gasteiger partial charge in [-0.2, -0.15) is 0 Å². The minimum absolute atomic E-state index is 0.0320. The van der Waals surface area contributed by atoms with Gasteiger partial charge in [-0.3, -0.25) is 9.78 Å². The van der Waals surface area contributed by atoms with Gasteiger partial charge in [0.15, 0.2) is 5.82 Å². The molecule has 1 aliphatic rings. The van der Waals surface area contributed by atoms with Crippen molar-refractivity contribution in [1.82, 2.24) is 19.9 Å². The number of anilines is 1. The molecule has 0 aliphatic carbocycles. The predicted molar refractivity (Wildman–Crippen MR) is 121 cm³/mol. The van der Waals surface area contributed by atoms with E-state index < -0.39 is 0 Å². The lowest BCUT2D eigenvalue weighted by Gasteiger charge is -2.36. The molecule has 4 rings (SSSR count). The molecule has 31 heavy (non-hydrogen) atoms. The van der Waals surface area contributed by atoms with Gasteiger partial charge in [0.2, 0.25) is 0 Å². The number of ether oxygens (including phenoxy) is 1. The molecule has 7 heteroatoms. The van der Waals surface area contributed by atoms with Crippen molar-refractivity contribution in [3.63, 3.8) is 0 Å². The van der Waals surface area contributed by atoms with Crippen LogP contribution in [0, 0.1) is 20.8 Å². The van der Waals surface area contributed by atoms with Gasteiger partial charge < -0.3 is 14.5 Å². The van der Waals surface area contributed by atoms with E-state index in [1.807, 2.05) is 56.0 Å². The van der Waals surface area contributed by atoms with Crippen LogP contribution in [0.2, 0.25) is 0 Å². The van der Waals surface area contributed by atoms with Crippen LogP contribution in [0.25, 0.3) is 11.4 Å². The van der Waals surface area contributed by atoms with Crippen molar-refractivity contribution in [2.24, 2.45) is 0 Å². The standard InChI is InChI=1S/C24H27N5O2/c1-16-7-8-19(14-21(16)31-4)24(30)29-12-10-28(11-13-29)23-17(2)18(3)26-22(27-23)20-6-5-9-25-15-20/h5-9,14-15H,10-13H2,1-4H3. The van der Waals surface area contributed by atoms with Crippen LogP contribution in [0.5, 0.6) is 5.75 Å². The number of benzene rings is 1. The van der Waals surface area contributed by atoms with Crippen molar-refractivity contribution in [3.8, 4) is 17.1 Å². The molecule has 0 bridgehead atoms. The highest BCUT2D eigenvalue weighted by atomic mass is 16.5. The van der Waals surface area contributed by atoms with E-state index in [9.17, 15) is 4.79 Å². The van der Waals surface area contributed by atoms with Gasteiger partial charge in [-0.15, -0.1) is 0 Å². The molecule has 0 spiro atoms. The number of pyridine rings is 1. The Kier molecular flexibility index (Phi) is 5.84. The van der Waals surface area contributed by atoms with Crippen molar-refractivity contribution in [2.75, 3.05) is 38.2 Å². The summed E-state index contributed by atoms with van der Waals surface area (Å²) < 4.78 is 5.37. The third kappa shape index (κ3) is 4.21. The van der Waals surface area contributed by atoms with E-state index >= 15 is 0 Å². The van der Waals surface area contributed by atoms with Crippen molar-refractivity contribution < 1.29 is 9.53 Å². The molecule has 0 radical (unpaired) electrons. The summed E-state index contributed by atoms with van der Waals surface area (Å²) in [5.74, 6) is 2.37. The summed E-state index contributed by atoms with van der Waals surface area (Å²) in [6.07, 6.45) is 3.52. The molecule has 7 nitrogen and oxygen atoms in total. The molecule has 1 aromatic carbocycles. The maximum absolute atomic E-state index is 13.0. The fourth-order valence-corrected chi connectivity index (χ4v) is 3.80. The van der Waals surface area contributed by atoms with Crippen LogP contribution in [-0.2, 0) is 0 Å². The molecule has 1 saturated heterocycles. The van der Waals surface area contributed by atoms with Gasteiger partial charge in [0, 0.05) is 61.0 Å². The molecule has 160 valence electrons. The van der Waals surface area contributed by atoms with E-state index in [0.29, 0.717) is 24.5 Å². The zero-order valence-electron chi connectivity index (χ0n) is 18.4. The van der Waals surface area contributed by atoms with E-state index in [4.69, 9.17) is 9.72 Å². The second-order valence-corrected chi connectivity index (χ2v) is 7.79. The topological polar surface area (TPSA) is 71.5 Å². The number of piperazine rings is 1. The van der Waals surface area contributed by atoms with E-state index in [2.05, 4.69) is 14.9 Å². The third-order valence-electron chi connectivity index (χ3n) is 5.80. The van der Waals surface area contributed by atoms with E-state index in [1.54, 1.807) is 19.5 Å². The summed E-state index contributed by atoms with van der Waals surface area (Å²) in [5, 5.41) is 0. The number of nitrogens with zero attached hydrogens (tertiary/aromatic N) is 5. The predicted octanol–water partition coefficient (Wildman–Crippen LogP) is 3.43. The maximum atomic E-state index is 13.0. The van der Waals surface area contributed by atoms with E-state index in [1.165, 1.54) is 0 Å². The minimum atomic E-state index is 0.0320. The quantitative estimate of drug-likeness (QED) is 0.648. The number of hydrogen-bond acceptors (Lipinski definition) is 6. The lowest BCUT2D eigenvalue weighted by Crippen LogP contribution is -2.49. The van der Waals surface area contributed by atoms with Crippen LogP contribution in [0.4, 0.5) is 5.82 Å². The van der Waals surface area contributed by atoms with Gasteiger partial charge in [0.05, 0.1) is 7.11 Å². The number of carbonyl (C=O) groups is 1. The summed E-state index contributed by atoms with van der Waals surface area (Å²) in [5.41, 5.74) is 4.59. The number of aryl methyl sites for hydroxylation is 2. The zero-order valence-corrected chi connectivity index (χ0v) is 18.4. The monoisotopic (exact) mass is 417 g/mol. The fraction of sp³-hybridized carbons (Fsp3) is 0.333. The molecule has 0 saturated carbocycles. The molecule has 0 unspecified atom stereocenters. The molecule has 3 heterocycles. The van der Waals surface area contributed by atoms with Crippen LogP contribution in [0.15, 0.2) is 42.7 Å². The van der Waals surface area contributed by atoms with Crippen molar-refractivity contribution in [2.45, 2.75) is 20.8 Å². The van der Waals surface area contributed by atoms with Crippen LogP contribution in [0.3, 0.4) is 0 Å². The Hall–Kier alpha value is -3.48. The van der Waals surface area contributed by atoms with Crippen LogP contribution in [0.1, 0.15) is 27.2 Å². The number of hydrogen-bond donors (Lipinski definition) is 0. The smallest absolute Gasteiger partial charge is 0.254 e. The maximum Gasteiger partial charge on any atom is 0.254 e. The van der Waals surface area contributed by atoms with Crippen LogP contribution < -0.4 is 9.64 Å². The average Bonchev–Trinajstić information content (AvgIpc) is 2.81. The van der Waals surface area contributed by atoms with Crippen LogP contribution in [-0.4, -0.2) is 59.0 Å². The highest BCUT2D eigenvalue weighted by Crippen LogP contribution is 2.26. The summed E-state index contributed by atoms with van der Waals surface area (Å²) >= 11 is 0. The molecule has 1 fully saturated rings. The van der Waals surface area contributed by atoms with Gasteiger partial charge in [-0.1, -0.05) is 6.07 Å². The second kappa shape index (κ2) is 8.71. The van der Waals surface area contributed by atoms with Gasteiger partial charge in [0.1, 0.15) is 11.6 Å². The minimum Gasteiger partial charge on any atom is -0.496 e. The third-order valence-corrected chi connectivity index (χ3v) is 5.80. The summed E-state index contributed by atoms with van der Waals surface area (Å²) in [7, 11) is 1.63. The zero-order chi connectivity index (χ0) is 22.0. The molecule has 0 N–H and O–H groups in total. The number of carbonyl (C=O) groups excluding carboxylic acids is 1. The number of amides is 1. The van der Waals surface area contributed by atoms with E-state index in [-0.39, 0.29) is 5.91 Å². The molecule has 1 amide bonds. The normalized spacial score (nSPS) is 13.9. The average molecular weight is 418 g/mol.